The van der Waals surface area contributed by atoms with Crippen LogP contribution in [0.2, 0.25) is 0 Å². The van der Waals surface area contributed by atoms with Gasteiger partial charge in [0.1, 0.15) is 9.75 Å². The van der Waals surface area contributed by atoms with E-state index in [2.05, 4.69) is 5.32 Å². The molecule has 3 aromatic rings. The zero-order valence-corrected chi connectivity index (χ0v) is 20.8. The lowest BCUT2D eigenvalue weighted by molar-refractivity contribution is -0.140. The average molecular weight is 535 g/mol. The molecule has 4 aliphatic rings. The maximum atomic E-state index is 13.8. The van der Waals surface area contributed by atoms with E-state index in [0.29, 0.717) is 5.69 Å². The van der Waals surface area contributed by atoms with Gasteiger partial charge >= 0.3 is 5.97 Å². The number of benzene rings is 3. The molecule has 0 radical (unpaired) electrons. The topological polar surface area (TPSA) is 104 Å². The fourth-order valence-corrected chi connectivity index (χ4v) is 7.18. The van der Waals surface area contributed by atoms with E-state index >= 15 is 0 Å². The number of halogens is 2. The van der Waals surface area contributed by atoms with Crippen LogP contribution in [0.15, 0.2) is 72.8 Å². The molecule has 0 spiro atoms. The number of nitrogens with one attached hydrogen (secondary N) is 1. The predicted molar refractivity (Wildman–Crippen MR) is 136 cm³/mol. The number of amides is 3. The second-order valence-electron chi connectivity index (χ2n) is 9.48. The van der Waals surface area contributed by atoms with Crippen molar-refractivity contribution >= 4 is 52.6 Å². The van der Waals surface area contributed by atoms with Gasteiger partial charge in [0.15, 0.2) is 0 Å². The van der Waals surface area contributed by atoms with Gasteiger partial charge in [0.2, 0.25) is 17.7 Å². The van der Waals surface area contributed by atoms with Gasteiger partial charge in [0.25, 0.3) is 0 Å². The molecule has 9 heteroatoms. The number of nitrogens with zero attached hydrogens (tertiary/aromatic N) is 1. The molecule has 2 atom stereocenters. The average Bonchev–Trinajstić information content (AvgIpc) is 3.16. The van der Waals surface area contributed by atoms with Gasteiger partial charge in [0.05, 0.1) is 17.4 Å². The zero-order chi connectivity index (χ0) is 26.1. The second-order valence-corrected chi connectivity index (χ2v) is 10.7. The van der Waals surface area contributed by atoms with Crippen LogP contribution in [-0.2, 0) is 24.1 Å². The Labute approximate surface area is 222 Å². The summed E-state index contributed by atoms with van der Waals surface area (Å²) in [5.74, 6) is -4.20. The Morgan fingerprint density at radius 3 is 1.62 bits per heavy atom. The van der Waals surface area contributed by atoms with Crippen LogP contribution in [0.3, 0.4) is 0 Å². The van der Waals surface area contributed by atoms with Crippen molar-refractivity contribution in [2.45, 2.75) is 16.2 Å². The van der Waals surface area contributed by atoms with Gasteiger partial charge in [-0.25, -0.2) is 4.79 Å². The second kappa shape index (κ2) is 8.16. The number of carbonyl (C=O) groups excluding carboxylic acids is 3. The van der Waals surface area contributed by atoms with Crippen molar-refractivity contribution in [1.29, 1.82) is 0 Å². The molecule has 186 valence electrons. The lowest BCUT2D eigenvalue weighted by atomic mass is 9.54. The van der Waals surface area contributed by atoms with Crippen molar-refractivity contribution in [3.05, 3.63) is 101 Å². The van der Waals surface area contributed by atoms with Gasteiger partial charge < -0.3 is 10.4 Å². The van der Waals surface area contributed by atoms with E-state index in [1.165, 1.54) is 24.3 Å². The van der Waals surface area contributed by atoms with Crippen LogP contribution in [-0.4, -0.2) is 40.2 Å². The highest BCUT2D eigenvalue weighted by atomic mass is 35.5. The van der Waals surface area contributed by atoms with Crippen molar-refractivity contribution in [3.8, 4) is 0 Å². The number of aromatic carboxylic acids is 1. The molecule has 1 aliphatic heterocycles. The molecular formula is C28H20Cl2N2O5. The highest BCUT2D eigenvalue weighted by Gasteiger charge is 2.72. The molecule has 1 heterocycles. The maximum Gasteiger partial charge on any atom is 0.335 e. The van der Waals surface area contributed by atoms with Crippen LogP contribution >= 0.6 is 23.2 Å². The Bertz CT molecular complexity index is 1380. The first-order valence-corrected chi connectivity index (χ1v) is 12.5. The monoisotopic (exact) mass is 534 g/mol. The van der Waals surface area contributed by atoms with Crippen LogP contribution in [0.25, 0.3) is 0 Å². The molecule has 2 N–H and O–H groups in total. The molecule has 0 saturated carbocycles. The predicted octanol–water partition coefficient (Wildman–Crippen LogP) is 4.31. The lowest BCUT2D eigenvalue weighted by Crippen LogP contribution is -2.57. The van der Waals surface area contributed by atoms with E-state index in [0.717, 1.165) is 27.2 Å². The maximum absolute atomic E-state index is 13.8. The third-order valence-corrected chi connectivity index (χ3v) is 8.94. The van der Waals surface area contributed by atoms with Crippen LogP contribution in [0.4, 0.5) is 5.69 Å². The van der Waals surface area contributed by atoms with E-state index in [9.17, 15) is 19.2 Å². The zero-order valence-electron chi connectivity index (χ0n) is 19.3. The summed E-state index contributed by atoms with van der Waals surface area (Å²) in [4.78, 5) is 49.7. The number of rotatable bonds is 5. The Morgan fingerprint density at radius 2 is 1.22 bits per heavy atom. The van der Waals surface area contributed by atoms with Crippen molar-refractivity contribution in [3.63, 3.8) is 0 Å². The minimum Gasteiger partial charge on any atom is -0.478 e. The van der Waals surface area contributed by atoms with E-state index in [1.54, 1.807) is 0 Å². The number of imide groups is 1. The molecule has 37 heavy (non-hydrogen) atoms. The highest BCUT2D eigenvalue weighted by Crippen LogP contribution is 2.69. The van der Waals surface area contributed by atoms with Gasteiger partial charge in [0, 0.05) is 18.7 Å². The van der Waals surface area contributed by atoms with Crippen LogP contribution < -0.4 is 5.32 Å². The van der Waals surface area contributed by atoms with Crippen LogP contribution in [0.5, 0.6) is 0 Å². The number of hydrogen-bond donors (Lipinski definition) is 2. The first-order chi connectivity index (χ1) is 17.7. The van der Waals surface area contributed by atoms with E-state index < -0.39 is 45.3 Å². The Kier molecular flexibility index (Phi) is 5.23. The third kappa shape index (κ3) is 3.14. The molecular weight excluding hydrogens is 515 g/mol. The normalized spacial score (nSPS) is 26.9. The molecule has 3 aliphatic carbocycles. The summed E-state index contributed by atoms with van der Waals surface area (Å²) in [6.07, 6.45) is -0.137. The van der Waals surface area contributed by atoms with Gasteiger partial charge in [-0.1, -0.05) is 48.5 Å². The Balaban J connectivity index is 1.29. The van der Waals surface area contributed by atoms with Gasteiger partial charge in [-0.2, -0.15) is 0 Å². The summed E-state index contributed by atoms with van der Waals surface area (Å²) in [5, 5.41) is 11.7. The summed E-state index contributed by atoms with van der Waals surface area (Å²) in [6, 6.07) is 20.5. The third-order valence-electron chi connectivity index (χ3n) is 7.65. The number of carbonyl (C=O) groups is 4. The summed E-state index contributed by atoms with van der Waals surface area (Å²) in [6.45, 7) is -0.129. The van der Waals surface area contributed by atoms with E-state index in [1.807, 2.05) is 48.5 Å². The largest absolute Gasteiger partial charge is 0.478 e. The van der Waals surface area contributed by atoms with E-state index in [-0.39, 0.29) is 18.5 Å². The van der Waals surface area contributed by atoms with E-state index in [4.69, 9.17) is 28.3 Å². The van der Waals surface area contributed by atoms with Gasteiger partial charge in [-0.3, -0.25) is 19.3 Å². The molecule has 1 saturated heterocycles. The number of alkyl halides is 2. The van der Waals surface area contributed by atoms with Crippen LogP contribution in [0.1, 0.15) is 39.0 Å². The highest BCUT2D eigenvalue weighted by molar-refractivity contribution is 6.36. The fraction of sp³-hybridized carbons (Fsp3) is 0.214. The minimum absolute atomic E-state index is 0.0931. The molecule has 3 amide bonds. The summed E-state index contributed by atoms with van der Waals surface area (Å²) in [7, 11) is 0. The summed E-state index contributed by atoms with van der Waals surface area (Å²) in [5.41, 5.74) is 3.38. The first-order valence-electron chi connectivity index (χ1n) is 11.7. The minimum atomic E-state index is -1.26. The molecule has 0 aromatic heterocycles. The van der Waals surface area contributed by atoms with Gasteiger partial charge in [-0.15, -0.1) is 23.2 Å². The summed E-state index contributed by atoms with van der Waals surface area (Å²) < 4.78 is 0. The molecule has 2 bridgehead atoms. The molecule has 1 fully saturated rings. The quantitative estimate of drug-likeness (QED) is 0.375. The number of anilines is 1. The summed E-state index contributed by atoms with van der Waals surface area (Å²) >= 11 is 14.7. The van der Waals surface area contributed by atoms with Crippen LogP contribution in [0, 0.1) is 11.8 Å². The Morgan fingerprint density at radius 1 is 0.784 bits per heavy atom. The number of hydrogen-bond acceptors (Lipinski definition) is 4. The van der Waals surface area contributed by atoms with Crippen molar-refractivity contribution in [2.24, 2.45) is 11.8 Å². The van der Waals surface area contributed by atoms with Crippen molar-refractivity contribution in [2.75, 3.05) is 11.9 Å². The number of likely N-dealkylation sites (tertiary alicyclic amines) is 1. The van der Waals surface area contributed by atoms with Crippen molar-refractivity contribution in [1.82, 2.24) is 4.90 Å². The fourth-order valence-electron chi connectivity index (χ4n) is 6.08. The smallest absolute Gasteiger partial charge is 0.335 e. The van der Waals surface area contributed by atoms with Gasteiger partial charge in [-0.05, 0) is 46.5 Å². The lowest BCUT2D eigenvalue weighted by Gasteiger charge is -2.54. The standard InChI is InChI=1S/C28H20Cl2N2O5/c29-27-17-5-1-2-6-18(17)28(30,20-8-4-3-7-19(20)27)23-22(27)24(34)32(25(23)35)14-13-21(33)31-16-11-9-15(10-12-16)26(36)37/h1-12,22-23H,13-14H2,(H,31,33)(H,36,37)/t22-,23+,27?,28?. The molecule has 0 unspecified atom stereocenters. The SMILES string of the molecule is O=C(CCN1C(=O)[C@@H]2[C@H](C1=O)C1(Cl)c3ccccc3C2(Cl)c2ccccc21)Nc1ccc(C(=O)O)cc1. The van der Waals surface area contributed by atoms with Crippen molar-refractivity contribution < 1.29 is 24.3 Å². The molecule has 7 nitrogen and oxygen atoms in total. The number of carboxylic acids is 1. The molecule has 7 rings (SSSR count). The first kappa shape index (κ1) is 23.7. The number of carboxylic acid groups (broad SMARTS) is 1. The molecule has 3 aromatic carbocycles. The Hall–Kier alpha value is -3.68.